The summed E-state index contributed by atoms with van der Waals surface area (Å²) in [6.45, 7) is 0. The Balaban J connectivity index is 1.89. The number of nitrogens with one attached hydrogen (secondary N) is 3. The molecule has 2 amide bonds. The Morgan fingerprint density at radius 3 is 2.26 bits per heavy atom. The van der Waals surface area contributed by atoms with Crippen LogP contribution in [0.25, 0.3) is 0 Å². The van der Waals surface area contributed by atoms with E-state index in [0.717, 1.165) is 0 Å². The fourth-order valence-electron chi connectivity index (χ4n) is 1.65. The first-order valence-electron chi connectivity index (χ1n) is 6.39. The van der Waals surface area contributed by atoms with Gasteiger partial charge in [-0.15, -0.1) is 0 Å². The molecule has 0 aromatic heterocycles. The maximum atomic E-state index is 12.0. The normalized spacial score (nSPS) is 9.83. The van der Waals surface area contributed by atoms with Crippen molar-refractivity contribution >= 4 is 52.3 Å². The van der Waals surface area contributed by atoms with Crippen LogP contribution < -0.4 is 16.2 Å². The van der Waals surface area contributed by atoms with Crippen LogP contribution >= 0.6 is 35.4 Å². The Morgan fingerprint density at radius 2 is 1.61 bits per heavy atom. The minimum Gasteiger partial charge on any atom is -0.298 e. The summed E-state index contributed by atoms with van der Waals surface area (Å²) < 4.78 is 0. The number of carbonyl (C=O) groups excluding carboxylic acids is 2. The van der Waals surface area contributed by atoms with Crippen molar-refractivity contribution in [2.45, 2.75) is 0 Å². The SMILES string of the molecule is O=C(NNC(=S)NC(=O)c1ccc(Cl)cc1Cl)c1ccccc1. The maximum Gasteiger partial charge on any atom is 0.269 e. The van der Waals surface area contributed by atoms with Crippen LogP contribution in [0.15, 0.2) is 48.5 Å². The Kier molecular flexibility index (Phi) is 5.92. The second kappa shape index (κ2) is 7.92. The van der Waals surface area contributed by atoms with E-state index in [9.17, 15) is 9.59 Å². The van der Waals surface area contributed by atoms with Crippen LogP contribution in [0, 0.1) is 0 Å². The van der Waals surface area contributed by atoms with Crippen molar-refractivity contribution in [3.05, 3.63) is 69.7 Å². The van der Waals surface area contributed by atoms with Crippen LogP contribution in [0.4, 0.5) is 0 Å². The summed E-state index contributed by atoms with van der Waals surface area (Å²) in [7, 11) is 0. The molecule has 0 radical (unpaired) electrons. The van der Waals surface area contributed by atoms with Crippen molar-refractivity contribution < 1.29 is 9.59 Å². The quantitative estimate of drug-likeness (QED) is 0.563. The van der Waals surface area contributed by atoms with Crippen LogP contribution in [-0.2, 0) is 0 Å². The van der Waals surface area contributed by atoms with Crippen LogP contribution in [0.1, 0.15) is 20.7 Å². The molecule has 0 aliphatic heterocycles. The summed E-state index contributed by atoms with van der Waals surface area (Å²) in [4.78, 5) is 23.8. The van der Waals surface area contributed by atoms with Crippen molar-refractivity contribution in [2.75, 3.05) is 0 Å². The zero-order valence-electron chi connectivity index (χ0n) is 11.6. The van der Waals surface area contributed by atoms with E-state index in [2.05, 4.69) is 16.2 Å². The molecule has 5 nitrogen and oxygen atoms in total. The number of halogens is 2. The molecule has 0 atom stereocenters. The van der Waals surface area contributed by atoms with Gasteiger partial charge in [-0.05, 0) is 42.5 Å². The van der Waals surface area contributed by atoms with Crippen molar-refractivity contribution in [1.29, 1.82) is 0 Å². The first kappa shape index (κ1) is 17.2. The molecule has 0 spiro atoms. The lowest BCUT2D eigenvalue weighted by molar-refractivity contribution is 0.0934. The predicted molar refractivity (Wildman–Crippen MR) is 93.6 cm³/mol. The molecule has 0 fully saturated rings. The molecule has 0 heterocycles. The van der Waals surface area contributed by atoms with E-state index in [-0.39, 0.29) is 21.6 Å². The fraction of sp³-hybridized carbons (Fsp3) is 0. The van der Waals surface area contributed by atoms with Gasteiger partial charge in [0.15, 0.2) is 5.11 Å². The van der Waals surface area contributed by atoms with Gasteiger partial charge in [-0.3, -0.25) is 25.8 Å². The lowest BCUT2D eigenvalue weighted by atomic mass is 10.2. The molecule has 3 N–H and O–H groups in total. The molecule has 0 aliphatic rings. The summed E-state index contributed by atoms with van der Waals surface area (Å²) in [6.07, 6.45) is 0. The molecule has 2 rings (SSSR count). The highest BCUT2D eigenvalue weighted by atomic mass is 35.5. The van der Waals surface area contributed by atoms with E-state index in [0.29, 0.717) is 10.6 Å². The smallest absolute Gasteiger partial charge is 0.269 e. The van der Waals surface area contributed by atoms with Gasteiger partial charge in [0.25, 0.3) is 11.8 Å². The summed E-state index contributed by atoms with van der Waals surface area (Å²) in [5.74, 6) is -0.898. The molecule has 23 heavy (non-hydrogen) atoms. The number of hydrogen-bond donors (Lipinski definition) is 3. The van der Waals surface area contributed by atoms with Gasteiger partial charge < -0.3 is 0 Å². The van der Waals surface area contributed by atoms with Gasteiger partial charge in [-0.1, -0.05) is 41.4 Å². The third-order valence-corrected chi connectivity index (χ3v) is 3.48. The van der Waals surface area contributed by atoms with E-state index in [1.807, 2.05) is 0 Å². The third-order valence-electron chi connectivity index (χ3n) is 2.73. The molecule has 0 saturated heterocycles. The number of benzene rings is 2. The average molecular weight is 368 g/mol. The number of hydrazine groups is 1. The number of rotatable bonds is 2. The lowest BCUT2D eigenvalue weighted by Crippen LogP contribution is -2.48. The molecule has 118 valence electrons. The zero-order valence-corrected chi connectivity index (χ0v) is 13.9. The summed E-state index contributed by atoms with van der Waals surface area (Å²) in [6, 6.07) is 13.0. The lowest BCUT2D eigenvalue weighted by Gasteiger charge is -2.11. The van der Waals surface area contributed by atoms with Crippen molar-refractivity contribution in [1.82, 2.24) is 16.2 Å². The van der Waals surface area contributed by atoms with Crippen LogP contribution in [0.3, 0.4) is 0 Å². The number of carbonyl (C=O) groups is 2. The van der Waals surface area contributed by atoms with E-state index in [1.165, 1.54) is 18.2 Å². The first-order valence-corrected chi connectivity index (χ1v) is 7.55. The number of hydrogen-bond acceptors (Lipinski definition) is 3. The topological polar surface area (TPSA) is 70.2 Å². The van der Waals surface area contributed by atoms with Gasteiger partial charge in [0.1, 0.15) is 0 Å². The molecular formula is C15H11Cl2N3O2S. The number of amides is 2. The second-order valence-electron chi connectivity index (χ2n) is 4.35. The molecule has 2 aromatic carbocycles. The first-order chi connectivity index (χ1) is 11.0. The molecular weight excluding hydrogens is 357 g/mol. The van der Waals surface area contributed by atoms with Crippen LogP contribution in [0.5, 0.6) is 0 Å². The molecule has 8 heteroatoms. The van der Waals surface area contributed by atoms with Crippen LogP contribution in [0.2, 0.25) is 10.0 Å². The average Bonchev–Trinajstić information content (AvgIpc) is 2.53. The fourth-order valence-corrected chi connectivity index (χ4v) is 2.29. The third kappa shape index (κ3) is 4.92. The monoisotopic (exact) mass is 367 g/mol. The maximum absolute atomic E-state index is 12.0. The van der Waals surface area contributed by atoms with Crippen molar-refractivity contribution in [3.63, 3.8) is 0 Å². The van der Waals surface area contributed by atoms with E-state index < -0.39 is 5.91 Å². The largest absolute Gasteiger partial charge is 0.298 e. The molecule has 0 unspecified atom stereocenters. The highest BCUT2D eigenvalue weighted by molar-refractivity contribution is 7.80. The van der Waals surface area contributed by atoms with Crippen molar-refractivity contribution in [2.24, 2.45) is 0 Å². The van der Waals surface area contributed by atoms with Gasteiger partial charge in [0, 0.05) is 10.6 Å². The van der Waals surface area contributed by atoms with Gasteiger partial charge >= 0.3 is 0 Å². The second-order valence-corrected chi connectivity index (χ2v) is 5.60. The Labute approximate surface area is 147 Å². The van der Waals surface area contributed by atoms with E-state index in [4.69, 9.17) is 35.4 Å². The highest BCUT2D eigenvalue weighted by Crippen LogP contribution is 2.20. The van der Waals surface area contributed by atoms with E-state index in [1.54, 1.807) is 30.3 Å². The molecule has 2 aromatic rings. The summed E-state index contributed by atoms with van der Waals surface area (Å²) in [5.41, 5.74) is 5.49. The zero-order chi connectivity index (χ0) is 16.8. The minimum absolute atomic E-state index is 0.0645. The summed E-state index contributed by atoms with van der Waals surface area (Å²) >= 11 is 16.6. The molecule has 0 bridgehead atoms. The Bertz CT molecular complexity index is 754. The number of thiocarbonyl (C=S) groups is 1. The standard InChI is InChI=1S/C15H11Cl2N3O2S/c16-10-6-7-11(12(17)8-10)14(22)18-15(23)20-19-13(21)9-4-2-1-3-5-9/h1-8H,(H,19,21)(H2,18,20,22,23). The van der Waals surface area contributed by atoms with Crippen molar-refractivity contribution in [3.8, 4) is 0 Å². The van der Waals surface area contributed by atoms with E-state index >= 15 is 0 Å². The molecule has 0 aliphatic carbocycles. The van der Waals surface area contributed by atoms with Crippen LogP contribution in [-0.4, -0.2) is 16.9 Å². The van der Waals surface area contributed by atoms with Gasteiger partial charge in [0.2, 0.25) is 0 Å². The Hall–Kier alpha value is -2.15. The minimum atomic E-state index is -0.516. The Morgan fingerprint density at radius 1 is 0.913 bits per heavy atom. The van der Waals surface area contributed by atoms with Gasteiger partial charge in [-0.2, -0.15) is 0 Å². The summed E-state index contributed by atoms with van der Waals surface area (Å²) in [5, 5.41) is 2.96. The predicted octanol–water partition coefficient (Wildman–Crippen LogP) is 2.94. The van der Waals surface area contributed by atoms with Gasteiger partial charge in [0.05, 0.1) is 10.6 Å². The molecule has 0 saturated carbocycles. The highest BCUT2D eigenvalue weighted by Gasteiger charge is 2.12. The van der Waals surface area contributed by atoms with Gasteiger partial charge in [-0.25, -0.2) is 0 Å².